The van der Waals surface area contributed by atoms with E-state index in [1.54, 1.807) is 0 Å². The van der Waals surface area contributed by atoms with E-state index >= 15 is 0 Å². The summed E-state index contributed by atoms with van der Waals surface area (Å²) in [5.41, 5.74) is 0.310. The SMILES string of the molecule is CC(C)COC(C)C.CC(C)OCC(C)(C)C. The summed E-state index contributed by atoms with van der Waals surface area (Å²) in [6.45, 7) is 20.8. The van der Waals surface area contributed by atoms with E-state index in [1.807, 2.05) is 0 Å². The Hall–Kier alpha value is -0.0800. The molecular formula is C15H34O2. The molecule has 0 amide bonds. The van der Waals surface area contributed by atoms with Crippen LogP contribution in [-0.4, -0.2) is 25.4 Å². The van der Waals surface area contributed by atoms with Gasteiger partial charge in [-0.2, -0.15) is 0 Å². The lowest BCUT2D eigenvalue weighted by atomic mass is 9.99. The third-order valence-corrected chi connectivity index (χ3v) is 1.61. The van der Waals surface area contributed by atoms with Crippen molar-refractivity contribution in [2.45, 2.75) is 74.5 Å². The zero-order valence-corrected chi connectivity index (χ0v) is 13.5. The lowest BCUT2D eigenvalue weighted by Gasteiger charge is -2.19. The highest BCUT2D eigenvalue weighted by molar-refractivity contribution is 4.59. The summed E-state index contributed by atoms with van der Waals surface area (Å²) >= 11 is 0. The molecule has 0 saturated heterocycles. The maximum absolute atomic E-state index is 5.41. The summed E-state index contributed by atoms with van der Waals surface area (Å²) in [6.07, 6.45) is 0.752. The van der Waals surface area contributed by atoms with E-state index in [2.05, 4.69) is 62.3 Å². The minimum Gasteiger partial charge on any atom is -0.379 e. The van der Waals surface area contributed by atoms with Gasteiger partial charge >= 0.3 is 0 Å². The quantitative estimate of drug-likeness (QED) is 0.710. The van der Waals surface area contributed by atoms with Gasteiger partial charge in [0.15, 0.2) is 0 Å². The van der Waals surface area contributed by atoms with Gasteiger partial charge in [-0.1, -0.05) is 34.6 Å². The van der Waals surface area contributed by atoms with Crippen molar-refractivity contribution in [3.63, 3.8) is 0 Å². The summed E-state index contributed by atoms with van der Waals surface area (Å²) in [6, 6.07) is 0. The second kappa shape index (κ2) is 9.90. The molecular weight excluding hydrogens is 212 g/mol. The van der Waals surface area contributed by atoms with Crippen LogP contribution in [0.25, 0.3) is 0 Å². The van der Waals surface area contributed by atoms with E-state index < -0.39 is 0 Å². The molecule has 0 aromatic carbocycles. The Morgan fingerprint density at radius 2 is 1.18 bits per heavy atom. The van der Waals surface area contributed by atoms with Crippen LogP contribution in [0.1, 0.15) is 62.3 Å². The van der Waals surface area contributed by atoms with Gasteiger partial charge in [-0.25, -0.2) is 0 Å². The third-order valence-electron chi connectivity index (χ3n) is 1.61. The van der Waals surface area contributed by atoms with E-state index in [1.165, 1.54) is 0 Å². The van der Waals surface area contributed by atoms with Crippen LogP contribution in [0.15, 0.2) is 0 Å². The highest BCUT2D eigenvalue weighted by Crippen LogP contribution is 2.13. The van der Waals surface area contributed by atoms with E-state index in [-0.39, 0.29) is 0 Å². The molecule has 2 heteroatoms. The third kappa shape index (κ3) is 25.9. The minimum absolute atomic E-state index is 0.310. The van der Waals surface area contributed by atoms with E-state index in [9.17, 15) is 0 Å². The highest BCUT2D eigenvalue weighted by Gasteiger charge is 2.10. The van der Waals surface area contributed by atoms with Gasteiger partial charge in [0.1, 0.15) is 0 Å². The van der Waals surface area contributed by atoms with Crippen LogP contribution in [0.4, 0.5) is 0 Å². The second-order valence-electron chi connectivity index (χ2n) is 6.70. The van der Waals surface area contributed by atoms with E-state index in [0.29, 0.717) is 23.5 Å². The lowest BCUT2D eigenvalue weighted by molar-refractivity contribution is 0.0285. The summed E-state index contributed by atoms with van der Waals surface area (Å²) in [4.78, 5) is 0. The molecule has 0 aliphatic heterocycles. The molecule has 0 radical (unpaired) electrons. The topological polar surface area (TPSA) is 18.5 Å². The Morgan fingerprint density at radius 1 is 0.765 bits per heavy atom. The Kier molecular flexibility index (Phi) is 11.2. The maximum atomic E-state index is 5.41. The molecule has 0 aliphatic rings. The van der Waals surface area contributed by atoms with Crippen molar-refractivity contribution in [3.8, 4) is 0 Å². The van der Waals surface area contributed by atoms with Gasteiger partial charge in [0.2, 0.25) is 0 Å². The molecule has 0 bridgehead atoms. The van der Waals surface area contributed by atoms with Crippen molar-refractivity contribution < 1.29 is 9.47 Å². The highest BCUT2D eigenvalue weighted by atomic mass is 16.5. The largest absolute Gasteiger partial charge is 0.379 e. The van der Waals surface area contributed by atoms with Crippen molar-refractivity contribution in [2.75, 3.05) is 13.2 Å². The number of rotatable bonds is 5. The standard InChI is InChI=1S/C8H18O.C7H16O/c1-7(2)9-6-8(3,4)5;1-6(2)5-8-7(3)4/h7H,6H2,1-5H3;6-7H,5H2,1-4H3. The molecule has 0 spiro atoms. The smallest absolute Gasteiger partial charge is 0.0519 e. The van der Waals surface area contributed by atoms with Crippen LogP contribution in [0.3, 0.4) is 0 Å². The molecule has 0 atom stereocenters. The van der Waals surface area contributed by atoms with Gasteiger partial charge in [-0.15, -0.1) is 0 Å². The minimum atomic E-state index is 0.310. The molecule has 0 heterocycles. The zero-order valence-electron chi connectivity index (χ0n) is 13.5. The maximum Gasteiger partial charge on any atom is 0.0519 e. The van der Waals surface area contributed by atoms with Crippen molar-refractivity contribution in [2.24, 2.45) is 11.3 Å². The predicted molar refractivity (Wildman–Crippen MR) is 76.5 cm³/mol. The Labute approximate surface area is 109 Å². The Bertz CT molecular complexity index is 147. The van der Waals surface area contributed by atoms with Crippen LogP contribution in [0.5, 0.6) is 0 Å². The van der Waals surface area contributed by atoms with Crippen molar-refractivity contribution in [3.05, 3.63) is 0 Å². The average Bonchev–Trinajstić information content (AvgIpc) is 2.11. The molecule has 17 heavy (non-hydrogen) atoms. The molecule has 2 nitrogen and oxygen atoms in total. The summed E-state index contributed by atoms with van der Waals surface area (Å²) < 4.78 is 10.7. The molecule has 0 aliphatic carbocycles. The first-order chi connectivity index (χ1) is 7.54. The first-order valence-electron chi connectivity index (χ1n) is 6.77. The van der Waals surface area contributed by atoms with E-state index in [0.717, 1.165) is 13.2 Å². The molecule has 0 saturated carbocycles. The van der Waals surface area contributed by atoms with Crippen LogP contribution in [0.2, 0.25) is 0 Å². The molecule has 0 unspecified atom stereocenters. The summed E-state index contributed by atoms with van der Waals surface area (Å²) in [5, 5.41) is 0. The number of hydrogen-bond donors (Lipinski definition) is 0. The van der Waals surface area contributed by atoms with Crippen molar-refractivity contribution in [1.29, 1.82) is 0 Å². The molecule has 0 aromatic heterocycles. The first kappa shape index (κ1) is 19.3. The van der Waals surface area contributed by atoms with Gasteiger partial charge in [-0.3, -0.25) is 0 Å². The molecule has 106 valence electrons. The van der Waals surface area contributed by atoms with Crippen molar-refractivity contribution in [1.82, 2.24) is 0 Å². The Balaban J connectivity index is 0. The van der Waals surface area contributed by atoms with Crippen LogP contribution < -0.4 is 0 Å². The van der Waals surface area contributed by atoms with Crippen molar-refractivity contribution >= 4 is 0 Å². The second-order valence-corrected chi connectivity index (χ2v) is 6.70. The zero-order chi connectivity index (χ0) is 14.1. The van der Waals surface area contributed by atoms with Gasteiger partial charge in [0.05, 0.1) is 18.8 Å². The molecule has 0 fully saturated rings. The van der Waals surface area contributed by atoms with Crippen LogP contribution in [0, 0.1) is 11.3 Å². The fourth-order valence-corrected chi connectivity index (χ4v) is 0.802. The summed E-state index contributed by atoms with van der Waals surface area (Å²) in [7, 11) is 0. The molecule has 0 aromatic rings. The average molecular weight is 246 g/mol. The lowest BCUT2D eigenvalue weighted by Crippen LogP contribution is -2.17. The fourth-order valence-electron chi connectivity index (χ4n) is 0.802. The van der Waals surface area contributed by atoms with Crippen LogP contribution >= 0.6 is 0 Å². The van der Waals surface area contributed by atoms with Gasteiger partial charge < -0.3 is 9.47 Å². The normalized spacial score (nSPS) is 12.0. The van der Waals surface area contributed by atoms with Gasteiger partial charge in [0, 0.05) is 6.61 Å². The monoisotopic (exact) mass is 246 g/mol. The van der Waals surface area contributed by atoms with Crippen LogP contribution in [-0.2, 0) is 9.47 Å². The van der Waals surface area contributed by atoms with E-state index in [4.69, 9.17) is 9.47 Å². The molecule has 0 N–H and O–H groups in total. The van der Waals surface area contributed by atoms with Gasteiger partial charge in [0.25, 0.3) is 0 Å². The number of ether oxygens (including phenoxy) is 2. The fraction of sp³-hybridized carbons (Fsp3) is 1.00. The van der Waals surface area contributed by atoms with Gasteiger partial charge in [-0.05, 0) is 39.0 Å². The predicted octanol–water partition coefficient (Wildman–Crippen LogP) is 4.52. The summed E-state index contributed by atoms with van der Waals surface area (Å²) in [5.74, 6) is 0.664. The Morgan fingerprint density at radius 3 is 1.29 bits per heavy atom. The number of hydrogen-bond acceptors (Lipinski definition) is 2. The first-order valence-corrected chi connectivity index (χ1v) is 6.77. The molecule has 0 rings (SSSR count).